The van der Waals surface area contributed by atoms with Gasteiger partial charge in [0.15, 0.2) is 5.69 Å². The third-order valence-corrected chi connectivity index (χ3v) is 3.61. The highest BCUT2D eigenvalue weighted by molar-refractivity contribution is 9.10. The topological polar surface area (TPSA) is 77.8 Å². The molecule has 5 nitrogen and oxygen atoms in total. The summed E-state index contributed by atoms with van der Waals surface area (Å²) in [5.74, 6) is -0.370. The molecule has 0 radical (unpaired) electrons. The highest BCUT2D eigenvalue weighted by atomic mass is 79.9. The van der Waals surface area contributed by atoms with Gasteiger partial charge in [0.2, 0.25) is 5.88 Å². The van der Waals surface area contributed by atoms with Gasteiger partial charge in [-0.1, -0.05) is 22.9 Å². The number of halogens is 1. The van der Waals surface area contributed by atoms with Crippen molar-refractivity contribution in [1.82, 2.24) is 4.98 Å². The van der Waals surface area contributed by atoms with Crippen LogP contribution in [-0.2, 0) is 4.79 Å². The fourth-order valence-electron chi connectivity index (χ4n) is 1.77. The number of nitrogens with one attached hydrogen (secondary N) is 1. The lowest BCUT2D eigenvalue weighted by molar-refractivity contribution is -0.118. The van der Waals surface area contributed by atoms with E-state index in [1.54, 1.807) is 0 Å². The van der Waals surface area contributed by atoms with Gasteiger partial charge in [-0.05, 0) is 31.0 Å². The van der Waals surface area contributed by atoms with Crippen molar-refractivity contribution >= 4 is 38.4 Å². The molecule has 2 N–H and O–H groups in total. The Labute approximate surface area is 118 Å². The molecule has 0 aliphatic heterocycles. The van der Waals surface area contributed by atoms with Gasteiger partial charge in [0.05, 0.1) is 5.52 Å². The van der Waals surface area contributed by atoms with Crippen molar-refractivity contribution in [3.8, 4) is 5.88 Å². The van der Waals surface area contributed by atoms with E-state index in [1.165, 1.54) is 0 Å². The van der Waals surface area contributed by atoms with Gasteiger partial charge in [0.25, 0.3) is 5.91 Å². The molecule has 19 heavy (non-hydrogen) atoms. The Balaban J connectivity index is 2.45. The molecule has 0 bridgehead atoms. The Morgan fingerprint density at radius 1 is 1.47 bits per heavy atom. The molecular weight excluding hydrogens is 310 g/mol. The maximum absolute atomic E-state index is 11.3. The number of hydrogen-bond acceptors (Lipinski definition) is 3. The Morgan fingerprint density at radius 2 is 2.21 bits per heavy atom. The summed E-state index contributed by atoms with van der Waals surface area (Å²) < 4.78 is 0.937. The van der Waals surface area contributed by atoms with Crippen LogP contribution in [0.5, 0.6) is 5.88 Å². The van der Waals surface area contributed by atoms with Crippen molar-refractivity contribution in [2.24, 2.45) is 10.2 Å². The largest absolute Gasteiger partial charge is 0.493 e. The zero-order valence-corrected chi connectivity index (χ0v) is 12.3. The number of carbonyl (C=O) groups excluding carboxylic acids is 1. The lowest BCUT2D eigenvalue weighted by atomic mass is 10.1. The van der Waals surface area contributed by atoms with Gasteiger partial charge in [-0.15, -0.1) is 10.2 Å². The monoisotopic (exact) mass is 323 g/mol. The number of azo groups is 1. The number of rotatable bonds is 3. The quantitative estimate of drug-likeness (QED) is 0.823. The summed E-state index contributed by atoms with van der Waals surface area (Å²) in [6.07, 6.45) is 1.08. The Hall–Kier alpha value is -1.69. The van der Waals surface area contributed by atoms with Gasteiger partial charge in [0, 0.05) is 16.3 Å². The molecule has 6 heteroatoms. The molecule has 0 saturated carbocycles. The normalized spacial score (nSPS) is 11.5. The number of aromatic nitrogens is 1. The second-order valence-corrected chi connectivity index (χ2v) is 5.17. The first-order chi connectivity index (χ1) is 9.02. The Morgan fingerprint density at radius 3 is 2.89 bits per heavy atom. The van der Waals surface area contributed by atoms with E-state index in [1.807, 2.05) is 26.0 Å². The third-order valence-electron chi connectivity index (χ3n) is 2.76. The first-order valence-corrected chi connectivity index (χ1v) is 6.77. The van der Waals surface area contributed by atoms with E-state index in [9.17, 15) is 9.90 Å². The van der Waals surface area contributed by atoms with Crippen LogP contribution in [0, 0.1) is 6.92 Å². The second kappa shape index (κ2) is 5.52. The van der Waals surface area contributed by atoms with Crippen LogP contribution in [0.25, 0.3) is 10.9 Å². The third kappa shape index (κ3) is 2.84. The minimum atomic E-state index is -0.287. The molecule has 2 aromatic rings. The van der Waals surface area contributed by atoms with Crippen LogP contribution in [0.4, 0.5) is 5.69 Å². The van der Waals surface area contributed by atoms with Crippen molar-refractivity contribution in [3.05, 3.63) is 22.2 Å². The Kier molecular flexibility index (Phi) is 3.99. The van der Waals surface area contributed by atoms with Gasteiger partial charge in [0.1, 0.15) is 0 Å². The van der Waals surface area contributed by atoms with Crippen molar-refractivity contribution in [2.45, 2.75) is 26.7 Å². The van der Waals surface area contributed by atoms with Crippen molar-refractivity contribution in [1.29, 1.82) is 0 Å². The smallest absolute Gasteiger partial charge is 0.264 e. The maximum atomic E-state index is 11.3. The summed E-state index contributed by atoms with van der Waals surface area (Å²) in [5.41, 5.74) is 2.06. The lowest BCUT2D eigenvalue weighted by Crippen LogP contribution is -1.88. The summed E-state index contributed by atoms with van der Waals surface area (Å²) in [4.78, 5) is 14.2. The van der Waals surface area contributed by atoms with E-state index < -0.39 is 0 Å². The predicted molar refractivity (Wildman–Crippen MR) is 76.8 cm³/mol. The number of aryl methyl sites for hydroxylation is 1. The summed E-state index contributed by atoms with van der Waals surface area (Å²) in [5, 5.41) is 18.0. The highest BCUT2D eigenvalue weighted by Crippen LogP contribution is 2.37. The van der Waals surface area contributed by atoms with Gasteiger partial charge in [-0.3, -0.25) is 4.79 Å². The predicted octanol–water partition coefficient (Wildman–Crippen LogP) is 4.35. The molecule has 0 saturated heterocycles. The number of carbonyl (C=O) groups is 1. The molecule has 2 rings (SSSR count). The number of fused-ring (bicyclic) bond motifs is 1. The molecule has 0 unspecified atom stereocenters. The molecule has 1 aromatic carbocycles. The number of aromatic hydroxyl groups is 1. The molecular formula is C13H14BrN3O2. The van der Waals surface area contributed by atoms with Crippen molar-refractivity contribution in [2.75, 3.05) is 0 Å². The van der Waals surface area contributed by atoms with E-state index in [0.717, 1.165) is 27.4 Å². The number of amides is 1. The number of hydrogen-bond donors (Lipinski definition) is 2. The van der Waals surface area contributed by atoms with Crippen LogP contribution in [0.1, 0.15) is 25.3 Å². The first-order valence-electron chi connectivity index (χ1n) is 5.98. The SMILES string of the molecule is CCCC(=O)N=Nc1c(O)[nH]c2cc(Br)c(C)cc12. The fourth-order valence-corrected chi connectivity index (χ4v) is 2.11. The number of H-pyrrole nitrogens is 1. The lowest BCUT2D eigenvalue weighted by Gasteiger charge is -1.98. The molecule has 100 valence electrons. The molecule has 1 aromatic heterocycles. The fraction of sp³-hybridized carbons (Fsp3) is 0.308. The van der Waals surface area contributed by atoms with Crippen LogP contribution in [-0.4, -0.2) is 16.0 Å². The zero-order chi connectivity index (χ0) is 14.0. The van der Waals surface area contributed by atoms with E-state index in [-0.39, 0.29) is 11.8 Å². The molecule has 0 atom stereocenters. The minimum Gasteiger partial charge on any atom is -0.493 e. The second-order valence-electron chi connectivity index (χ2n) is 4.31. The van der Waals surface area contributed by atoms with Crippen molar-refractivity contribution < 1.29 is 9.90 Å². The standard InChI is InChI=1S/C13H14BrN3O2/c1-3-4-11(18)16-17-12-8-5-7(2)9(14)6-10(8)15-13(12)19/h5-6,15,19H,3-4H2,1-2H3. The van der Waals surface area contributed by atoms with Gasteiger partial charge < -0.3 is 10.1 Å². The molecule has 0 fully saturated rings. The van der Waals surface area contributed by atoms with E-state index in [2.05, 4.69) is 31.1 Å². The van der Waals surface area contributed by atoms with Crippen LogP contribution < -0.4 is 0 Å². The molecule has 1 amide bonds. The summed E-state index contributed by atoms with van der Waals surface area (Å²) in [6.45, 7) is 3.84. The van der Waals surface area contributed by atoms with Gasteiger partial charge in [-0.2, -0.15) is 0 Å². The van der Waals surface area contributed by atoms with Crippen LogP contribution in [0.2, 0.25) is 0 Å². The van der Waals surface area contributed by atoms with Crippen molar-refractivity contribution in [3.63, 3.8) is 0 Å². The number of nitrogens with zero attached hydrogens (tertiary/aromatic N) is 2. The van der Waals surface area contributed by atoms with Gasteiger partial charge >= 0.3 is 0 Å². The highest BCUT2D eigenvalue weighted by Gasteiger charge is 2.12. The average Bonchev–Trinajstić information content (AvgIpc) is 2.63. The molecule has 0 aliphatic rings. The Bertz CT molecular complexity index is 661. The summed E-state index contributed by atoms with van der Waals surface area (Å²) >= 11 is 3.42. The summed E-state index contributed by atoms with van der Waals surface area (Å²) in [7, 11) is 0. The molecule has 1 heterocycles. The van der Waals surface area contributed by atoms with E-state index >= 15 is 0 Å². The van der Waals surface area contributed by atoms with Crippen LogP contribution in [0.3, 0.4) is 0 Å². The van der Waals surface area contributed by atoms with Gasteiger partial charge in [-0.25, -0.2) is 0 Å². The van der Waals surface area contributed by atoms with Crippen LogP contribution >= 0.6 is 15.9 Å². The average molecular weight is 324 g/mol. The first kappa shape index (κ1) is 13.7. The number of benzene rings is 1. The zero-order valence-electron chi connectivity index (χ0n) is 10.7. The minimum absolute atomic E-state index is 0.0828. The molecule has 0 spiro atoms. The number of aromatic amines is 1. The van der Waals surface area contributed by atoms with E-state index in [0.29, 0.717) is 12.1 Å². The molecule has 0 aliphatic carbocycles. The summed E-state index contributed by atoms with van der Waals surface area (Å²) in [6, 6.07) is 3.74. The maximum Gasteiger partial charge on any atom is 0.264 e. The van der Waals surface area contributed by atoms with Crippen LogP contribution in [0.15, 0.2) is 26.8 Å². The van der Waals surface area contributed by atoms with E-state index in [4.69, 9.17) is 0 Å².